The van der Waals surface area contributed by atoms with Crippen molar-refractivity contribution in [3.63, 3.8) is 0 Å². The summed E-state index contributed by atoms with van der Waals surface area (Å²) in [6.45, 7) is 10.8. The summed E-state index contributed by atoms with van der Waals surface area (Å²) in [5, 5.41) is 8.23. The number of aryl methyl sites for hydroxylation is 1. The molecule has 1 aliphatic heterocycles. The predicted octanol–water partition coefficient (Wildman–Crippen LogP) is 7.73. The molecule has 9 rings (SSSR count). The van der Waals surface area contributed by atoms with Gasteiger partial charge in [0.05, 0.1) is 11.2 Å². The van der Waals surface area contributed by atoms with Gasteiger partial charge in [0.25, 0.3) is 0 Å². The molecule has 184 valence electrons. The highest BCUT2D eigenvalue weighted by molar-refractivity contribution is 6.65. The van der Waals surface area contributed by atoms with Crippen LogP contribution >= 0.6 is 0 Å². The van der Waals surface area contributed by atoms with Gasteiger partial charge in [0, 0.05) is 0 Å². The van der Waals surface area contributed by atoms with Gasteiger partial charge >= 0.3 is 7.12 Å². The lowest BCUT2D eigenvalue weighted by Gasteiger charge is -2.54. The van der Waals surface area contributed by atoms with Crippen LogP contribution in [0.25, 0.3) is 32.3 Å². The van der Waals surface area contributed by atoms with Crippen LogP contribution in [-0.2, 0) is 9.31 Å². The summed E-state index contributed by atoms with van der Waals surface area (Å²) in [5.74, 6) is 4.62. The summed E-state index contributed by atoms with van der Waals surface area (Å²) >= 11 is 0. The van der Waals surface area contributed by atoms with Crippen LogP contribution in [0.3, 0.4) is 0 Å². The first-order valence-corrected chi connectivity index (χ1v) is 14.3. The summed E-state index contributed by atoms with van der Waals surface area (Å²) in [5.41, 5.74) is 3.38. The second-order valence-corrected chi connectivity index (χ2v) is 13.8. The monoisotopic (exact) mass is 476 g/mol. The van der Waals surface area contributed by atoms with Gasteiger partial charge in [-0.25, -0.2) is 0 Å². The SMILES string of the molecule is Cc1cc(B2OC(C)(C)C(C)(C)O2)c2ccc3cc(C4C5CC6CC(C5)CC4C6)cc4ccc1c2c43. The Labute approximate surface area is 215 Å². The first-order valence-electron chi connectivity index (χ1n) is 14.3. The van der Waals surface area contributed by atoms with E-state index < -0.39 is 0 Å². The van der Waals surface area contributed by atoms with Crippen LogP contribution < -0.4 is 5.46 Å². The van der Waals surface area contributed by atoms with Crippen molar-refractivity contribution in [3.8, 4) is 0 Å². The molecular weight excluding hydrogens is 439 g/mol. The van der Waals surface area contributed by atoms with Gasteiger partial charge in [-0.2, -0.15) is 0 Å². The molecule has 4 aromatic rings. The van der Waals surface area contributed by atoms with Crippen molar-refractivity contribution in [2.24, 2.45) is 23.7 Å². The molecule has 4 bridgehead atoms. The van der Waals surface area contributed by atoms with Crippen LogP contribution in [-0.4, -0.2) is 18.3 Å². The minimum atomic E-state index is -0.345. The van der Waals surface area contributed by atoms with E-state index in [0.717, 1.165) is 35.1 Å². The van der Waals surface area contributed by atoms with Crippen molar-refractivity contribution in [1.29, 1.82) is 0 Å². The molecule has 1 heterocycles. The fourth-order valence-electron chi connectivity index (χ4n) is 8.98. The summed E-state index contributed by atoms with van der Waals surface area (Å²) in [4.78, 5) is 0. The smallest absolute Gasteiger partial charge is 0.399 e. The van der Waals surface area contributed by atoms with E-state index in [1.165, 1.54) is 70.0 Å². The van der Waals surface area contributed by atoms with Gasteiger partial charge in [0.1, 0.15) is 0 Å². The fraction of sp³-hybridized carbons (Fsp3) is 0.515. The number of rotatable bonds is 2. The lowest BCUT2D eigenvalue weighted by molar-refractivity contribution is -0.00270. The average molecular weight is 476 g/mol. The first kappa shape index (κ1) is 21.9. The van der Waals surface area contributed by atoms with E-state index in [-0.39, 0.29) is 18.3 Å². The van der Waals surface area contributed by atoms with Crippen LogP contribution in [0.1, 0.15) is 76.8 Å². The topological polar surface area (TPSA) is 18.5 Å². The minimum Gasteiger partial charge on any atom is -0.399 e. The number of hydrogen-bond donors (Lipinski definition) is 0. The Bertz CT molecular complexity index is 1470. The van der Waals surface area contributed by atoms with Crippen LogP contribution in [0.5, 0.6) is 0 Å². The van der Waals surface area contributed by atoms with E-state index in [1.807, 2.05) is 0 Å². The maximum absolute atomic E-state index is 6.53. The van der Waals surface area contributed by atoms with E-state index in [1.54, 1.807) is 5.56 Å². The zero-order valence-electron chi connectivity index (χ0n) is 22.4. The van der Waals surface area contributed by atoms with Crippen molar-refractivity contribution >= 4 is 44.9 Å². The number of hydrogen-bond acceptors (Lipinski definition) is 2. The molecule has 0 unspecified atom stereocenters. The molecule has 0 spiro atoms. The summed E-state index contributed by atoms with van der Waals surface area (Å²) in [7, 11) is -0.345. The number of benzene rings is 4. The normalized spacial score (nSPS) is 32.5. The second kappa shape index (κ2) is 7.05. The van der Waals surface area contributed by atoms with Crippen LogP contribution in [0.2, 0.25) is 0 Å². The first-order chi connectivity index (χ1) is 17.2. The van der Waals surface area contributed by atoms with E-state index in [2.05, 4.69) is 77.1 Å². The van der Waals surface area contributed by atoms with Crippen molar-refractivity contribution in [2.45, 2.75) is 83.8 Å². The maximum Gasteiger partial charge on any atom is 0.495 e. The van der Waals surface area contributed by atoms with Crippen LogP contribution in [0.15, 0.2) is 42.5 Å². The van der Waals surface area contributed by atoms with Crippen molar-refractivity contribution < 1.29 is 9.31 Å². The zero-order chi connectivity index (χ0) is 24.6. The molecule has 3 heteroatoms. The molecule has 5 aliphatic rings. The lowest BCUT2D eigenvalue weighted by atomic mass is 9.50. The molecule has 0 N–H and O–H groups in total. The van der Waals surface area contributed by atoms with Crippen LogP contribution in [0, 0.1) is 30.6 Å². The van der Waals surface area contributed by atoms with Gasteiger partial charge < -0.3 is 9.31 Å². The molecule has 4 aliphatic carbocycles. The molecule has 0 amide bonds. The van der Waals surface area contributed by atoms with Gasteiger partial charge in [0.2, 0.25) is 0 Å². The quantitative estimate of drug-likeness (QED) is 0.218. The van der Waals surface area contributed by atoms with Gasteiger partial charge in [-0.1, -0.05) is 42.5 Å². The third-order valence-corrected chi connectivity index (χ3v) is 11.1. The standard InChI is InChI=1S/C33H37BO2/c1-18-10-28(34-35-32(2,3)33(4,5)36-34)27-9-7-22-17-25(16-21-6-8-26(18)31(27)30(21)22)29-23-12-19-11-20(14-23)15-24(29)13-19/h6-10,16-17,19-20,23-24,29H,11-15H2,1-5H3. The molecule has 2 nitrogen and oxygen atoms in total. The molecule has 5 fully saturated rings. The lowest BCUT2D eigenvalue weighted by Crippen LogP contribution is -2.43. The Morgan fingerprint density at radius 2 is 1.25 bits per heavy atom. The minimum absolute atomic E-state index is 0.344. The predicted molar refractivity (Wildman–Crippen MR) is 150 cm³/mol. The molecule has 4 saturated carbocycles. The van der Waals surface area contributed by atoms with Gasteiger partial charge in [-0.15, -0.1) is 0 Å². The highest BCUT2D eigenvalue weighted by Crippen LogP contribution is 2.60. The Hall–Kier alpha value is -2.10. The zero-order valence-corrected chi connectivity index (χ0v) is 22.4. The molecule has 0 atom stereocenters. The fourth-order valence-corrected chi connectivity index (χ4v) is 8.98. The average Bonchev–Trinajstić information content (AvgIpc) is 3.04. The Balaban J connectivity index is 1.30. The van der Waals surface area contributed by atoms with Crippen molar-refractivity contribution in [3.05, 3.63) is 53.6 Å². The Morgan fingerprint density at radius 3 is 1.83 bits per heavy atom. The largest absolute Gasteiger partial charge is 0.495 e. The third-order valence-electron chi connectivity index (χ3n) is 11.1. The van der Waals surface area contributed by atoms with E-state index in [0.29, 0.717) is 0 Å². The van der Waals surface area contributed by atoms with Gasteiger partial charge in [0.15, 0.2) is 0 Å². The highest BCUT2D eigenvalue weighted by Gasteiger charge is 2.52. The van der Waals surface area contributed by atoms with E-state index >= 15 is 0 Å². The van der Waals surface area contributed by atoms with E-state index in [9.17, 15) is 0 Å². The Morgan fingerprint density at radius 1 is 0.694 bits per heavy atom. The summed E-state index contributed by atoms with van der Waals surface area (Å²) < 4.78 is 13.1. The van der Waals surface area contributed by atoms with Crippen molar-refractivity contribution in [1.82, 2.24) is 0 Å². The molecular formula is C33H37BO2. The summed E-state index contributed by atoms with van der Waals surface area (Å²) in [6, 6.07) is 16.9. The van der Waals surface area contributed by atoms with Gasteiger partial charge in [-0.05, 0) is 145 Å². The molecule has 0 aromatic heterocycles. The molecule has 4 aromatic carbocycles. The molecule has 0 radical (unpaired) electrons. The van der Waals surface area contributed by atoms with Crippen molar-refractivity contribution in [2.75, 3.05) is 0 Å². The summed E-state index contributed by atoms with van der Waals surface area (Å²) in [6.07, 6.45) is 7.40. The molecule has 1 saturated heterocycles. The van der Waals surface area contributed by atoms with E-state index in [4.69, 9.17) is 9.31 Å². The van der Waals surface area contributed by atoms with Gasteiger partial charge in [-0.3, -0.25) is 0 Å². The molecule has 36 heavy (non-hydrogen) atoms. The maximum atomic E-state index is 6.53. The third kappa shape index (κ3) is 2.88. The second-order valence-electron chi connectivity index (χ2n) is 13.8. The van der Waals surface area contributed by atoms with Crippen LogP contribution in [0.4, 0.5) is 0 Å². The Kier molecular flexibility index (Phi) is 4.30. The highest BCUT2D eigenvalue weighted by atomic mass is 16.7.